The number of amides is 2. The zero-order chi connectivity index (χ0) is 17.6. The van der Waals surface area contributed by atoms with Crippen LogP contribution in [0, 0.1) is 5.41 Å². The third-order valence-corrected chi connectivity index (χ3v) is 3.57. The number of aliphatic hydroxyl groups excluding tert-OH is 1. The lowest BCUT2D eigenvalue weighted by molar-refractivity contribution is 0.129. The highest BCUT2D eigenvalue weighted by molar-refractivity contribution is 5.88. The van der Waals surface area contributed by atoms with Gasteiger partial charge in [0.15, 0.2) is 0 Å². The maximum Gasteiger partial charge on any atom is 0.320 e. The number of aliphatic hydroxyl groups is 1. The van der Waals surface area contributed by atoms with Crippen LogP contribution in [0.5, 0.6) is 0 Å². The van der Waals surface area contributed by atoms with E-state index < -0.39 is 6.10 Å². The van der Waals surface area contributed by atoms with Gasteiger partial charge in [0.2, 0.25) is 0 Å². The van der Waals surface area contributed by atoms with E-state index in [1.165, 1.54) is 0 Å². The van der Waals surface area contributed by atoms with Crippen LogP contribution in [0.4, 0.5) is 10.6 Å². The van der Waals surface area contributed by atoms with Crippen molar-refractivity contribution in [3.63, 3.8) is 0 Å². The number of pyridine rings is 1. The molecule has 7 nitrogen and oxygen atoms in total. The SMILES string of the molecule is CC(O)CC(C)(C)CNC(=O)Nc1ccnn1Cc1ccccn1. The van der Waals surface area contributed by atoms with E-state index in [9.17, 15) is 9.90 Å². The smallest absolute Gasteiger partial charge is 0.320 e. The molecule has 0 saturated carbocycles. The molecule has 1 atom stereocenters. The topological polar surface area (TPSA) is 92.1 Å². The Morgan fingerprint density at radius 1 is 1.33 bits per heavy atom. The molecule has 0 aliphatic rings. The molecule has 0 bridgehead atoms. The van der Waals surface area contributed by atoms with Gasteiger partial charge in [0.05, 0.1) is 24.5 Å². The molecule has 0 fully saturated rings. The highest BCUT2D eigenvalue weighted by Gasteiger charge is 2.21. The molecule has 2 aromatic rings. The van der Waals surface area contributed by atoms with Gasteiger partial charge >= 0.3 is 6.03 Å². The zero-order valence-corrected chi connectivity index (χ0v) is 14.4. The summed E-state index contributed by atoms with van der Waals surface area (Å²) in [7, 11) is 0. The predicted octanol–water partition coefficient (Wildman–Crippen LogP) is 2.25. The fraction of sp³-hybridized carbons (Fsp3) is 0.471. The molecule has 7 heteroatoms. The second kappa shape index (κ2) is 7.92. The molecule has 2 heterocycles. The number of nitrogens with zero attached hydrogens (tertiary/aromatic N) is 3. The number of hydrogen-bond acceptors (Lipinski definition) is 4. The van der Waals surface area contributed by atoms with E-state index in [1.54, 1.807) is 30.1 Å². The van der Waals surface area contributed by atoms with Crippen molar-refractivity contribution in [3.05, 3.63) is 42.4 Å². The molecule has 0 spiro atoms. The van der Waals surface area contributed by atoms with Gasteiger partial charge in [-0.25, -0.2) is 9.48 Å². The quantitative estimate of drug-likeness (QED) is 0.725. The Kier molecular flexibility index (Phi) is 5.92. The van der Waals surface area contributed by atoms with Gasteiger partial charge in [0.1, 0.15) is 5.82 Å². The van der Waals surface area contributed by atoms with E-state index in [-0.39, 0.29) is 11.4 Å². The lowest BCUT2D eigenvalue weighted by Gasteiger charge is -2.26. The van der Waals surface area contributed by atoms with Crippen molar-refractivity contribution in [1.29, 1.82) is 0 Å². The Balaban J connectivity index is 1.90. The van der Waals surface area contributed by atoms with E-state index in [1.807, 2.05) is 32.0 Å². The lowest BCUT2D eigenvalue weighted by Crippen LogP contribution is -2.38. The zero-order valence-electron chi connectivity index (χ0n) is 14.4. The number of carbonyl (C=O) groups excluding carboxylic acids is 1. The number of rotatable bonds is 7. The molecular formula is C17H25N5O2. The summed E-state index contributed by atoms with van der Waals surface area (Å²) in [4.78, 5) is 16.4. The number of aromatic nitrogens is 3. The molecule has 2 amide bonds. The molecule has 0 aliphatic heterocycles. The standard InChI is InChI=1S/C17H25N5O2/c1-13(23)10-17(2,3)12-19-16(24)21-15-7-9-20-22(15)11-14-6-4-5-8-18-14/h4-9,13,23H,10-12H2,1-3H3,(H2,19,21,24). The normalized spacial score (nSPS) is 12.7. The predicted molar refractivity (Wildman–Crippen MR) is 92.7 cm³/mol. The molecule has 24 heavy (non-hydrogen) atoms. The molecule has 2 rings (SSSR count). The van der Waals surface area contributed by atoms with E-state index in [0.717, 1.165) is 5.69 Å². The highest BCUT2D eigenvalue weighted by atomic mass is 16.3. The summed E-state index contributed by atoms with van der Waals surface area (Å²) in [5.74, 6) is 0.603. The maximum atomic E-state index is 12.1. The van der Waals surface area contributed by atoms with Crippen LogP contribution in [-0.2, 0) is 6.54 Å². The largest absolute Gasteiger partial charge is 0.393 e. The second-order valence-corrected chi connectivity index (χ2v) is 6.72. The van der Waals surface area contributed by atoms with Gasteiger partial charge in [-0.05, 0) is 30.9 Å². The van der Waals surface area contributed by atoms with E-state index >= 15 is 0 Å². The maximum absolute atomic E-state index is 12.1. The minimum Gasteiger partial charge on any atom is -0.393 e. The average Bonchev–Trinajstić information content (AvgIpc) is 2.92. The first-order valence-electron chi connectivity index (χ1n) is 8.00. The van der Waals surface area contributed by atoms with E-state index in [4.69, 9.17) is 0 Å². The Morgan fingerprint density at radius 3 is 2.79 bits per heavy atom. The molecule has 0 saturated heterocycles. The first-order chi connectivity index (χ1) is 11.4. The Labute approximate surface area is 142 Å². The molecule has 0 radical (unpaired) electrons. The molecule has 130 valence electrons. The summed E-state index contributed by atoms with van der Waals surface area (Å²) in [6.45, 7) is 6.71. The van der Waals surface area contributed by atoms with E-state index in [0.29, 0.717) is 25.3 Å². The number of nitrogens with one attached hydrogen (secondary N) is 2. The summed E-state index contributed by atoms with van der Waals surface area (Å²) in [6.07, 6.45) is 3.58. The van der Waals surface area contributed by atoms with Crippen LogP contribution in [-0.4, -0.2) is 38.6 Å². The Hall–Kier alpha value is -2.41. The monoisotopic (exact) mass is 331 g/mol. The van der Waals surface area contributed by atoms with Crippen molar-refractivity contribution in [2.75, 3.05) is 11.9 Å². The van der Waals surface area contributed by atoms with Crippen LogP contribution < -0.4 is 10.6 Å². The van der Waals surface area contributed by atoms with Crippen molar-refractivity contribution >= 4 is 11.8 Å². The number of anilines is 1. The molecule has 3 N–H and O–H groups in total. The van der Waals surface area contributed by atoms with Crippen LogP contribution in [0.2, 0.25) is 0 Å². The third-order valence-electron chi connectivity index (χ3n) is 3.57. The first-order valence-corrected chi connectivity index (χ1v) is 8.00. The summed E-state index contributed by atoms with van der Waals surface area (Å²) >= 11 is 0. The Bertz CT molecular complexity index is 652. The van der Waals surface area contributed by atoms with Crippen molar-refractivity contribution in [1.82, 2.24) is 20.1 Å². The van der Waals surface area contributed by atoms with Gasteiger partial charge in [-0.15, -0.1) is 0 Å². The molecule has 1 unspecified atom stereocenters. The van der Waals surface area contributed by atoms with Gasteiger partial charge in [-0.2, -0.15) is 5.10 Å². The van der Waals surface area contributed by atoms with Crippen LogP contribution >= 0.6 is 0 Å². The average molecular weight is 331 g/mol. The van der Waals surface area contributed by atoms with Gasteiger partial charge < -0.3 is 10.4 Å². The molecular weight excluding hydrogens is 306 g/mol. The minimum absolute atomic E-state index is 0.181. The van der Waals surface area contributed by atoms with Crippen LogP contribution in [0.15, 0.2) is 36.7 Å². The fourth-order valence-corrected chi connectivity index (χ4v) is 2.56. The van der Waals surface area contributed by atoms with Gasteiger partial charge in [0, 0.05) is 18.8 Å². The number of urea groups is 1. The first kappa shape index (κ1) is 17.9. The summed E-state index contributed by atoms with van der Waals surface area (Å²) in [6, 6.07) is 7.12. The molecule has 0 aromatic carbocycles. The molecule has 2 aromatic heterocycles. The lowest BCUT2D eigenvalue weighted by atomic mass is 9.87. The highest BCUT2D eigenvalue weighted by Crippen LogP contribution is 2.21. The van der Waals surface area contributed by atoms with Crippen LogP contribution in [0.25, 0.3) is 0 Å². The van der Waals surface area contributed by atoms with Gasteiger partial charge in [0.25, 0.3) is 0 Å². The third kappa shape index (κ3) is 5.66. The minimum atomic E-state index is -0.398. The van der Waals surface area contributed by atoms with Crippen LogP contribution in [0.3, 0.4) is 0 Å². The van der Waals surface area contributed by atoms with Gasteiger partial charge in [-0.1, -0.05) is 19.9 Å². The van der Waals surface area contributed by atoms with E-state index in [2.05, 4.69) is 20.7 Å². The van der Waals surface area contributed by atoms with Crippen molar-refractivity contribution in [2.24, 2.45) is 5.41 Å². The Morgan fingerprint density at radius 2 is 2.12 bits per heavy atom. The molecule has 0 aliphatic carbocycles. The van der Waals surface area contributed by atoms with Crippen molar-refractivity contribution < 1.29 is 9.90 Å². The van der Waals surface area contributed by atoms with Gasteiger partial charge in [-0.3, -0.25) is 10.3 Å². The fourth-order valence-electron chi connectivity index (χ4n) is 2.56. The number of hydrogen-bond donors (Lipinski definition) is 3. The summed E-state index contributed by atoms with van der Waals surface area (Å²) in [5, 5.41) is 19.3. The second-order valence-electron chi connectivity index (χ2n) is 6.72. The summed E-state index contributed by atoms with van der Waals surface area (Å²) in [5.41, 5.74) is 0.683. The van der Waals surface area contributed by atoms with Crippen LogP contribution in [0.1, 0.15) is 32.9 Å². The number of carbonyl (C=O) groups is 1. The van der Waals surface area contributed by atoms with Crippen molar-refractivity contribution in [2.45, 2.75) is 39.8 Å². The van der Waals surface area contributed by atoms with Crippen molar-refractivity contribution in [3.8, 4) is 0 Å². The summed E-state index contributed by atoms with van der Waals surface area (Å²) < 4.78 is 1.68.